The fraction of sp³-hybridized carbons (Fsp3) is 0.500. The summed E-state index contributed by atoms with van der Waals surface area (Å²) < 4.78 is 19.2. The van der Waals surface area contributed by atoms with Crippen LogP contribution >= 0.6 is 0 Å². The number of rotatable bonds is 5. The molecule has 0 bridgehead atoms. The van der Waals surface area contributed by atoms with Gasteiger partial charge in [0.05, 0.1) is 5.92 Å². The molecule has 1 heterocycles. The SMILES string of the molecule is C[C@H](CN(C(=O)[C@H]1Cc2cccc(F)c2O1)C1CC1)C(=O)O. The molecule has 2 atom stereocenters. The van der Waals surface area contributed by atoms with Crippen molar-refractivity contribution in [3.8, 4) is 5.75 Å². The predicted molar refractivity (Wildman–Crippen MR) is 76.1 cm³/mol. The summed E-state index contributed by atoms with van der Waals surface area (Å²) in [6.07, 6.45) is 1.34. The third-order valence-electron chi connectivity index (χ3n) is 4.15. The maximum Gasteiger partial charge on any atom is 0.308 e. The second-order valence-corrected chi connectivity index (χ2v) is 6.00. The van der Waals surface area contributed by atoms with Crippen LogP contribution in [0.25, 0.3) is 0 Å². The second-order valence-electron chi connectivity index (χ2n) is 6.00. The Labute approximate surface area is 127 Å². The van der Waals surface area contributed by atoms with Crippen LogP contribution in [0.2, 0.25) is 0 Å². The third-order valence-corrected chi connectivity index (χ3v) is 4.15. The van der Waals surface area contributed by atoms with Gasteiger partial charge in [0.2, 0.25) is 0 Å². The Morgan fingerprint density at radius 2 is 2.18 bits per heavy atom. The lowest BCUT2D eigenvalue weighted by atomic mass is 10.1. The number of carboxylic acids is 1. The largest absolute Gasteiger partial charge is 0.481 e. The van der Waals surface area contributed by atoms with E-state index in [2.05, 4.69) is 0 Å². The first-order chi connectivity index (χ1) is 10.5. The van der Waals surface area contributed by atoms with Crippen LogP contribution in [0.5, 0.6) is 5.75 Å². The zero-order valence-electron chi connectivity index (χ0n) is 12.3. The molecule has 0 unspecified atom stereocenters. The highest BCUT2D eigenvalue weighted by atomic mass is 19.1. The summed E-state index contributed by atoms with van der Waals surface area (Å²) in [5.41, 5.74) is 0.681. The number of hydrogen-bond donors (Lipinski definition) is 1. The van der Waals surface area contributed by atoms with E-state index >= 15 is 0 Å². The molecule has 0 saturated heterocycles. The molecular weight excluding hydrogens is 289 g/mol. The van der Waals surface area contributed by atoms with Gasteiger partial charge in [-0.15, -0.1) is 0 Å². The number of carbonyl (C=O) groups is 2. The zero-order chi connectivity index (χ0) is 15.9. The molecule has 1 fully saturated rings. The molecule has 1 aliphatic heterocycles. The van der Waals surface area contributed by atoms with Crippen molar-refractivity contribution in [2.45, 2.75) is 38.3 Å². The van der Waals surface area contributed by atoms with Gasteiger partial charge in [-0.05, 0) is 18.9 Å². The number of ether oxygens (including phenoxy) is 1. The van der Waals surface area contributed by atoms with Gasteiger partial charge in [0, 0.05) is 24.6 Å². The number of halogens is 1. The lowest BCUT2D eigenvalue weighted by molar-refractivity contribution is -0.145. The summed E-state index contributed by atoms with van der Waals surface area (Å²) in [5.74, 6) is -2.14. The molecule has 1 saturated carbocycles. The van der Waals surface area contributed by atoms with Gasteiger partial charge in [-0.2, -0.15) is 0 Å². The molecule has 2 aliphatic rings. The normalized spacial score (nSPS) is 20.9. The minimum atomic E-state index is -0.930. The number of aliphatic carboxylic acids is 1. The van der Waals surface area contributed by atoms with Crippen molar-refractivity contribution in [1.82, 2.24) is 4.90 Å². The Balaban J connectivity index is 1.73. The van der Waals surface area contributed by atoms with Crippen molar-refractivity contribution >= 4 is 11.9 Å². The number of amides is 1. The van der Waals surface area contributed by atoms with Gasteiger partial charge in [-0.3, -0.25) is 9.59 Å². The van der Waals surface area contributed by atoms with E-state index in [1.165, 1.54) is 6.07 Å². The van der Waals surface area contributed by atoms with Crippen LogP contribution in [0, 0.1) is 11.7 Å². The molecule has 0 radical (unpaired) electrons. The fourth-order valence-corrected chi connectivity index (χ4v) is 2.73. The highest BCUT2D eigenvalue weighted by Gasteiger charge is 2.40. The van der Waals surface area contributed by atoms with Gasteiger partial charge in [0.15, 0.2) is 17.7 Å². The maximum absolute atomic E-state index is 13.7. The van der Waals surface area contributed by atoms with Crippen molar-refractivity contribution < 1.29 is 23.8 Å². The first kappa shape index (κ1) is 14.8. The van der Waals surface area contributed by atoms with E-state index in [0.29, 0.717) is 12.0 Å². The van der Waals surface area contributed by atoms with E-state index in [1.807, 2.05) is 0 Å². The monoisotopic (exact) mass is 307 g/mol. The van der Waals surface area contributed by atoms with Crippen LogP contribution in [0.1, 0.15) is 25.3 Å². The van der Waals surface area contributed by atoms with Gasteiger partial charge in [0.1, 0.15) is 0 Å². The number of fused-ring (bicyclic) bond motifs is 1. The van der Waals surface area contributed by atoms with Gasteiger partial charge in [-0.25, -0.2) is 4.39 Å². The minimum Gasteiger partial charge on any atom is -0.481 e. The molecule has 1 N–H and O–H groups in total. The molecule has 118 valence electrons. The van der Waals surface area contributed by atoms with E-state index in [0.717, 1.165) is 12.8 Å². The third kappa shape index (κ3) is 2.77. The van der Waals surface area contributed by atoms with Crippen LogP contribution in [0.3, 0.4) is 0 Å². The molecule has 3 rings (SSSR count). The van der Waals surface area contributed by atoms with Crippen molar-refractivity contribution in [3.05, 3.63) is 29.6 Å². The Bertz CT molecular complexity index is 614. The minimum absolute atomic E-state index is 0.0893. The summed E-state index contributed by atoms with van der Waals surface area (Å²) >= 11 is 0. The van der Waals surface area contributed by atoms with Crippen LogP contribution in [0.4, 0.5) is 4.39 Å². The highest BCUT2D eigenvalue weighted by molar-refractivity contribution is 5.84. The van der Waals surface area contributed by atoms with Crippen LogP contribution in [0.15, 0.2) is 18.2 Å². The molecule has 0 aromatic heterocycles. The predicted octanol–water partition coefficient (Wildman–Crippen LogP) is 1.84. The van der Waals surface area contributed by atoms with Gasteiger partial charge in [-0.1, -0.05) is 19.1 Å². The van der Waals surface area contributed by atoms with Crippen LogP contribution in [-0.4, -0.2) is 40.6 Å². The second kappa shape index (κ2) is 5.59. The van der Waals surface area contributed by atoms with Crippen molar-refractivity contribution in [2.75, 3.05) is 6.54 Å². The van der Waals surface area contributed by atoms with Crippen LogP contribution < -0.4 is 4.74 Å². The molecule has 1 amide bonds. The summed E-state index contributed by atoms with van der Waals surface area (Å²) in [7, 11) is 0. The standard InChI is InChI=1S/C16H18FNO4/c1-9(16(20)21)8-18(11-5-6-11)15(19)13-7-10-3-2-4-12(17)14(10)22-13/h2-4,9,11,13H,5-8H2,1H3,(H,20,21)/t9-,13-/m1/s1. The molecule has 1 aromatic rings. The summed E-state index contributed by atoms with van der Waals surface area (Å²) in [4.78, 5) is 25.3. The molecule has 1 aliphatic carbocycles. The molecule has 1 aromatic carbocycles. The van der Waals surface area contributed by atoms with E-state index in [-0.39, 0.29) is 24.2 Å². The Morgan fingerprint density at radius 1 is 1.45 bits per heavy atom. The molecule has 22 heavy (non-hydrogen) atoms. The highest BCUT2D eigenvalue weighted by Crippen LogP contribution is 2.34. The Morgan fingerprint density at radius 3 is 2.77 bits per heavy atom. The number of carboxylic acid groups (broad SMARTS) is 1. The number of nitrogens with zero attached hydrogens (tertiary/aromatic N) is 1. The summed E-state index contributed by atoms with van der Waals surface area (Å²) in [6, 6.07) is 4.73. The molecule has 6 heteroatoms. The average molecular weight is 307 g/mol. The van der Waals surface area contributed by atoms with Crippen molar-refractivity contribution in [3.63, 3.8) is 0 Å². The van der Waals surface area contributed by atoms with E-state index in [4.69, 9.17) is 9.84 Å². The lowest BCUT2D eigenvalue weighted by Crippen LogP contribution is -2.45. The molecule has 5 nitrogen and oxygen atoms in total. The van der Waals surface area contributed by atoms with Gasteiger partial charge in [0.25, 0.3) is 5.91 Å². The number of para-hydroxylation sites is 1. The van der Waals surface area contributed by atoms with Crippen molar-refractivity contribution in [2.24, 2.45) is 5.92 Å². The Hall–Kier alpha value is -2.11. The smallest absolute Gasteiger partial charge is 0.308 e. The van der Waals surface area contributed by atoms with Crippen LogP contribution in [-0.2, 0) is 16.0 Å². The number of carbonyl (C=O) groups excluding carboxylic acids is 1. The number of benzene rings is 1. The zero-order valence-corrected chi connectivity index (χ0v) is 12.3. The maximum atomic E-state index is 13.7. The van der Waals surface area contributed by atoms with Gasteiger partial charge < -0.3 is 14.7 Å². The molecular formula is C16H18FNO4. The lowest BCUT2D eigenvalue weighted by Gasteiger charge is -2.26. The quantitative estimate of drug-likeness (QED) is 0.901. The van der Waals surface area contributed by atoms with Gasteiger partial charge >= 0.3 is 5.97 Å². The average Bonchev–Trinajstić information content (AvgIpc) is 3.22. The summed E-state index contributed by atoms with van der Waals surface area (Å²) in [5, 5.41) is 9.04. The first-order valence-electron chi connectivity index (χ1n) is 7.44. The Kier molecular flexibility index (Phi) is 3.76. The first-order valence-corrected chi connectivity index (χ1v) is 7.44. The fourth-order valence-electron chi connectivity index (χ4n) is 2.73. The topological polar surface area (TPSA) is 66.8 Å². The van der Waals surface area contributed by atoms with E-state index in [9.17, 15) is 14.0 Å². The van der Waals surface area contributed by atoms with E-state index in [1.54, 1.807) is 24.0 Å². The summed E-state index contributed by atoms with van der Waals surface area (Å²) in [6.45, 7) is 1.74. The number of hydrogen-bond acceptors (Lipinski definition) is 3. The van der Waals surface area contributed by atoms with E-state index < -0.39 is 23.8 Å². The van der Waals surface area contributed by atoms with Crippen molar-refractivity contribution in [1.29, 1.82) is 0 Å². The molecule has 0 spiro atoms.